The molecule has 5 nitrogen and oxygen atoms in total. The number of aliphatic hydroxyl groups is 3. The Morgan fingerprint density at radius 2 is 1.58 bits per heavy atom. The largest absolute Gasteiger partial charge is 0.507 e. The van der Waals surface area contributed by atoms with E-state index < -0.39 is 30.5 Å². The summed E-state index contributed by atoms with van der Waals surface area (Å²) in [4.78, 5) is 0. The third-order valence-corrected chi connectivity index (χ3v) is 8.01. The van der Waals surface area contributed by atoms with Gasteiger partial charge in [0, 0.05) is 11.5 Å². The smallest absolute Gasteiger partial charge is 0.124 e. The maximum atomic E-state index is 11.5. The van der Waals surface area contributed by atoms with Gasteiger partial charge in [0.1, 0.15) is 30.2 Å². The van der Waals surface area contributed by atoms with Crippen LogP contribution >= 0.6 is 0 Å². The topological polar surface area (TPSA) is 90.2 Å². The van der Waals surface area contributed by atoms with E-state index in [9.17, 15) is 20.4 Å². The Morgan fingerprint density at radius 1 is 0.903 bits per heavy atom. The van der Waals surface area contributed by atoms with Gasteiger partial charge in [-0.1, -0.05) is 25.5 Å². The van der Waals surface area contributed by atoms with Gasteiger partial charge in [-0.25, -0.2) is 0 Å². The van der Waals surface area contributed by atoms with Gasteiger partial charge in [-0.05, 0) is 87.0 Å². The number of hydrogen-bond donors (Lipinski definition) is 4. The summed E-state index contributed by atoms with van der Waals surface area (Å²) < 4.78 is 6.03. The number of aliphatic hydroxyl groups excluding tert-OH is 3. The molecule has 0 aromatic heterocycles. The Morgan fingerprint density at radius 3 is 2.23 bits per heavy atom. The quantitative estimate of drug-likeness (QED) is 0.525. The van der Waals surface area contributed by atoms with E-state index in [0.717, 1.165) is 30.4 Å². The molecule has 172 valence electrons. The van der Waals surface area contributed by atoms with Gasteiger partial charge in [-0.2, -0.15) is 0 Å². The fourth-order valence-electron chi connectivity index (χ4n) is 6.46. The Kier molecular flexibility index (Phi) is 6.01. The molecule has 5 heteroatoms. The standard InChI is InChI=1S/C26H38O5/c1-11(2)9-16-10-13(4)17-8-7-12(3)18-20(17)19(16)14(5)22(27)21(18)26-25(30)24(29)23(28)15(6)31-26/h9,12-13,15-17,23-30H,7-8,10H2,1-6H3/t12-,13-,15-,16-,17+,23-,24+,25+,26-/m1/s1. The molecule has 0 unspecified atom stereocenters. The highest BCUT2D eigenvalue weighted by Gasteiger charge is 2.47. The van der Waals surface area contributed by atoms with Gasteiger partial charge in [-0.15, -0.1) is 0 Å². The van der Waals surface area contributed by atoms with Crippen molar-refractivity contribution in [2.24, 2.45) is 5.92 Å². The first-order valence-electron chi connectivity index (χ1n) is 11.8. The number of ether oxygens (including phenoxy) is 1. The van der Waals surface area contributed by atoms with Crippen molar-refractivity contribution in [3.8, 4) is 5.75 Å². The lowest BCUT2D eigenvalue weighted by Crippen LogP contribution is -2.53. The van der Waals surface area contributed by atoms with E-state index in [2.05, 4.69) is 33.8 Å². The van der Waals surface area contributed by atoms with Gasteiger partial charge in [0.2, 0.25) is 0 Å². The summed E-state index contributed by atoms with van der Waals surface area (Å²) in [6.45, 7) is 12.4. The lowest BCUT2D eigenvalue weighted by molar-refractivity contribution is -0.220. The summed E-state index contributed by atoms with van der Waals surface area (Å²) in [6.07, 6.45) is 0.258. The van der Waals surface area contributed by atoms with E-state index in [1.165, 1.54) is 16.7 Å². The van der Waals surface area contributed by atoms with Crippen molar-refractivity contribution >= 4 is 0 Å². The average molecular weight is 431 g/mol. The van der Waals surface area contributed by atoms with Crippen LogP contribution in [0.2, 0.25) is 0 Å². The molecule has 31 heavy (non-hydrogen) atoms. The minimum Gasteiger partial charge on any atom is -0.507 e. The van der Waals surface area contributed by atoms with Gasteiger partial charge in [0.25, 0.3) is 0 Å². The summed E-state index contributed by atoms with van der Waals surface area (Å²) in [5, 5.41) is 43.0. The summed E-state index contributed by atoms with van der Waals surface area (Å²) in [5.74, 6) is 1.61. The van der Waals surface area contributed by atoms with Gasteiger partial charge in [0.05, 0.1) is 6.10 Å². The monoisotopic (exact) mass is 430 g/mol. The zero-order valence-electron chi connectivity index (χ0n) is 19.6. The van der Waals surface area contributed by atoms with Crippen LogP contribution < -0.4 is 0 Å². The molecular formula is C26H38O5. The number of benzene rings is 1. The van der Waals surface area contributed by atoms with E-state index in [1.807, 2.05) is 6.92 Å². The lowest BCUT2D eigenvalue weighted by Gasteiger charge is -2.46. The lowest BCUT2D eigenvalue weighted by atomic mass is 9.60. The molecule has 0 spiro atoms. The maximum Gasteiger partial charge on any atom is 0.124 e. The molecular weight excluding hydrogens is 392 g/mol. The van der Waals surface area contributed by atoms with Gasteiger partial charge >= 0.3 is 0 Å². The van der Waals surface area contributed by atoms with Crippen LogP contribution in [-0.2, 0) is 4.74 Å². The van der Waals surface area contributed by atoms with Gasteiger partial charge < -0.3 is 25.2 Å². The second-order valence-corrected chi connectivity index (χ2v) is 10.5. The molecule has 1 aliphatic heterocycles. The first-order chi connectivity index (χ1) is 14.5. The minimum atomic E-state index is -1.32. The molecule has 0 amide bonds. The Bertz CT molecular complexity index is 887. The van der Waals surface area contributed by atoms with Crippen molar-refractivity contribution in [3.63, 3.8) is 0 Å². The fraction of sp³-hybridized carbons (Fsp3) is 0.692. The van der Waals surface area contributed by atoms with Crippen molar-refractivity contribution in [1.82, 2.24) is 0 Å². The summed E-state index contributed by atoms with van der Waals surface area (Å²) in [6, 6.07) is 0. The first-order valence-corrected chi connectivity index (χ1v) is 11.8. The van der Waals surface area contributed by atoms with Crippen molar-refractivity contribution in [2.75, 3.05) is 0 Å². The van der Waals surface area contributed by atoms with E-state index in [0.29, 0.717) is 17.4 Å². The Hall–Kier alpha value is -1.40. The average Bonchev–Trinajstić information content (AvgIpc) is 2.70. The zero-order chi connectivity index (χ0) is 22.8. The zero-order valence-corrected chi connectivity index (χ0v) is 19.6. The van der Waals surface area contributed by atoms with E-state index in [1.54, 1.807) is 6.92 Å². The second kappa shape index (κ2) is 8.18. The van der Waals surface area contributed by atoms with E-state index >= 15 is 0 Å². The maximum absolute atomic E-state index is 11.5. The molecule has 1 aromatic rings. The number of phenols is 1. The number of hydrogen-bond acceptors (Lipinski definition) is 5. The highest BCUT2D eigenvalue weighted by molar-refractivity contribution is 5.62. The molecule has 1 heterocycles. The molecule has 3 aliphatic rings. The molecule has 0 bridgehead atoms. The summed E-state index contributed by atoms with van der Waals surface area (Å²) in [5.41, 5.74) is 6.40. The predicted octanol–water partition coefficient (Wildman–Crippen LogP) is 4.31. The van der Waals surface area contributed by atoms with E-state index in [4.69, 9.17) is 4.74 Å². The third-order valence-electron chi connectivity index (χ3n) is 8.01. The summed E-state index contributed by atoms with van der Waals surface area (Å²) in [7, 11) is 0. The number of allylic oxidation sites excluding steroid dienone is 2. The van der Waals surface area contributed by atoms with Gasteiger partial charge in [-0.3, -0.25) is 0 Å². The molecule has 0 radical (unpaired) electrons. The first kappa shape index (κ1) is 22.8. The highest BCUT2D eigenvalue weighted by atomic mass is 16.5. The Labute approximate surface area is 185 Å². The van der Waals surface area contributed by atoms with Crippen LogP contribution in [0.4, 0.5) is 0 Å². The predicted molar refractivity (Wildman–Crippen MR) is 120 cm³/mol. The van der Waals surface area contributed by atoms with E-state index in [-0.39, 0.29) is 17.6 Å². The third kappa shape index (κ3) is 3.54. The van der Waals surface area contributed by atoms with Crippen molar-refractivity contribution in [3.05, 3.63) is 39.5 Å². The minimum absolute atomic E-state index is 0.169. The van der Waals surface area contributed by atoms with Crippen LogP contribution in [0.5, 0.6) is 5.75 Å². The van der Waals surface area contributed by atoms with Crippen LogP contribution in [0.15, 0.2) is 11.6 Å². The van der Waals surface area contributed by atoms with Crippen LogP contribution in [0, 0.1) is 12.8 Å². The molecule has 2 aliphatic carbocycles. The molecule has 1 saturated heterocycles. The molecule has 1 aromatic carbocycles. The SMILES string of the molecule is CC(C)=C[C@@H]1C[C@@H](C)[C@@H]2CC[C@@H](C)c3c2c1c(C)c(O)c3[C@H]1O[C@H](C)[C@@H](O)[C@H](O)[C@@H]1O. The molecule has 4 rings (SSSR count). The van der Waals surface area contributed by atoms with Gasteiger partial charge in [0.15, 0.2) is 0 Å². The van der Waals surface area contributed by atoms with Crippen molar-refractivity contribution in [2.45, 2.75) is 109 Å². The van der Waals surface area contributed by atoms with Crippen LogP contribution in [0.25, 0.3) is 0 Å². The van der Waals surface area contributed by atoms with Crippen LogP contribution in [-0.4, -0.2) is 44.8 Å². The highest BCUT2D eigenvalue weighted by Crippen LogP contribution is 2.57. The van der Waals surface area contributed by atoms with Crippen molar-refractivity contribution in [1.29, 1.82) is 0 Å². The number of aromatic hydroxyl groups is 1. The number of phenolic OH excluding ortho intramolecular Hbond substituents is 1. The fourth-order valence-corrected chi connectivity index (χ4v) is 6.46. The molecule has 1 fully saturated rings. The second-order valence-electron chi connectivity index (χ2n) is 10.5. The summed E-state index contributed by atoms with van der Waals surface area (Å²) >= 11 is 0. The van der Waals surface area contributed by atoms with Crippen LogP contribution in [0.3, 0.4) is 0 Å². The Balaban J connectivity index is 1.98. The molecule has 9 atom stereocenters. The number of rotatable bonds is 2. The van der Waals surface area contributed by atoms with Crippen LogP contribution in [0.1, 0.15) is 106 Å². The molecule has 0 saturated carbocycles. The molecule has 4 N–H and O–H groups in total. The normalized spacial score (nSPS) is 39.7. The van der Waals surface area contributed by atoms with Crippen molar-refractivity contribution < 1.29 is 25.2 Å².